The fraction of sp³-hybridized carbons (Fsp3) is 0.100. The number of nitrogens with one attached hydrogen (secondary N) is 2. The first-order valence-electron chi connectivity index (χ1n) is 8.55. The normalized spacial score (nSPS) is 10.8. The van der Waals surface area contributed by atoms with Crippen LogP contribution in [0.5, 0.6) is 5.75 Å². The van der Waals surface area contributed by atoms with E-state index < -0.39 is 0 Å². The summed E-state index contributed by atoms with van der Waals surface area (Å²) in [5.74, 6) is 2.81. The van der Waals surface area contributed by atoms with E-state index in [2.05, 4.69) is 15.6 Å². The lowest BCUT2D eigenvalue weighted by Gasteiger charge is -2.08. The fourth-order valence-electron chi connectivity index (χ4n) is 2.83. The minimum atomic E-state index is 0.442. The van der Waals surface area contributed by atoms with E-state index in [0.29, 0.717) is 27.9 Å². The van der Waals surface area contributed by atoms with Crippen LogP contribution >= 0.6 is 23.8 Å². The Morgan fingerprint density at radius 2 is 1.96 bits per heavy atom. The number of H-pyrrole nitrogens is 1. The molecule has 0 saturated carbocycles. The quantitative estimate of drug-likeness (QED) is 0.422. The molecule has 0 aliphatic heterocycles. The van der Waals surface area contributed by atoms with Crippen molar-refractivity contribution in [2.45, 2.75) is 6.54 Å². The van der Waals surface area contributed by atoms with E-state index in [-0.39, 0.29) is 0 Å². The smallest absolute Gasteiger partial charge is 0.214 e. The van der Waals surface area contributed by atoms with E-state index >= 15 is 0 Å². The molecule has 2 aromatic heterocycles. The second-order valence-electron chi connectivity index (χ2n) is 6.00. The molecule has 2 N–H and O–H groups in total. The molecule has 2 heterocycles. The number of methoxy groups -OCH3 is 1. The third-order valence-electron chi connectivity index (χ3n) is 4.21. The van der Waals surface area contributed by atoms with Gasteiger partial charge in [0.25, 0.3) is 0 Å². The van der Waals surface area contributed by atoms with Gasteiger partial charge in [-0.2, -0.15) is 5.10 Å². The monoisotopic (exact) mass is 412 g/mol. The Kier molecular flexibility index (Phi) is 5.18. The van der Waals surface area contributed by atoms with E-state index in [1.54, 1.807) is 11.8 Å². The van der Waals surface area contributed by atoms with Crippen LogP contribution in [0.1, 0.15) is 5.76 Å². The van der Waals surface area contributed by atoms with Crippen LogP contribution in [0, 0.1) is 4.77 Å². The molecule has 142 valence electrons. The summed E-state index contributed by atoms with van der Waals surface area (Å²) >= 11 is 11.5. The van der Waals surface area contributed by atoms with E-state index in [1.165, 1.54) is 0 Å². The van der Waals surface area contributed by atoms with Gasteiger partial charge < -0.3 is 14.6 Å². The average molecular weight is 413 g/mol. The Morgan fingerprint density at radius 1 is 1.14 bits per heavy atom. The summed E-state index contributed by atoms with van der Waals surface area (Å²) in [4.78, 5) is 0. The third-order valence-corrected chi connectivity index (χ3v) is 4.78. The van der Waals surface area contributed by atoms with Gasteiger partial charge in [0.05, 0.1) is 18.7 Å². The molecule has 4 aromatic rings. The number of nitrogens with zero attached hydrogens (tertiary/aromatic N) is 2. The highest BCUT2D eigenvalue weighted by molar-refractivity contribution is 7.71. The van der Waals surface area contributed by atoms with Crippen LogP contribution < -0.4 is 10.2 Å². The first-order valence-corrected chi connectivity index (χ1v) is 9.33. The van der Waals surface area contributed by atoms with Gasteiger partial charge in [0.1, 0.15) is 17.3 Å². The van der Waals surface area contributed by atoms with Gasteiger partial charge in [0, 0.05) is 11.1 Å². The van der Waals surface area contributed by atoms with Crippen LogP contribution in [0.25, 0.3) is 22.7 Å². The molecule has 0 aliphatic carbocycles. The summed E-state index contributed by atoms with van der Waals surface area (Å²) < 4.78 is 13.3. The molecule has 2 aromatic carbocycles. The predicted molar refractivity (Wildman–Crippen MR) is 112 cm³/mol. The molecule has 4 rings (SSSR count). The highest BCUT2D eigenvalue weighted by atomic mass is 35.5. The van der Waals surface area contributed by atoms with E-state index in [9.17, 15) is 0 Å². The van der Waals surface area contributed by atoms with Crippen molar-refractivity contribution in [3.63, 3.8) is 0 Å². The SMILES string of the molecule is COc1ccc(-c2ccc(CNn3c(-c4ccccc4)n[nH]c3=S)o2)cc1Cl. The molecule has 8 heteroatoms. The van der Waals surface area contributed by atoms with Gasteiger partial charge in [-0.05, 0) is 42.5 Å². The number of hydrogen-bond donors (Lipinski definition) is 2. The molecule has 0 aliphatic rings. The summed E-state index contributed by atoms with van der Waals surface area (Å²) in [5, 5.41) is 7.65. The number of benzene rings is 2. The molecule has 0 saturated heterocycles. The highest BCUT2D eigenvalue weighted by Crippen LogP contribution is 2.31. The Balaban J connectivity index is 1.53. The maximum absolute atomic E-state index is 6.20. The van der Waals surface area contributed by atoms with Crippen molar-refractivity contribution in [1.29, 1.82) is 0 Å². The molecule has 0 atom stereocenters. The van der Waals surface area contributed by atoms with E-state index in [1.807, 2.05) is 60.7 Å². The molecule has 0 spiro atoms. The maximum atomic E-state index is 6.20. The van der Waals surface area contributed by atoms with Crippen molar-refractivity contribution in [3.8, 4) is 28.5 Å². The van der Waals surface area contributed by atoms with Crippen LogP contribution in [-0.4, -0.2) is 22.0 Å². The molecule has 0 fully saturated rings. The Bertz CT molecular complexity index is 1150. The second-order valence-corrected chi connectivity index (χ2v) is 6.80. The second kappa shape index (κ2) is 7.92. The van der Waals surface area contributed by atoms with Crippen molar-refractivity contribution in [2.75, 3.05) is 12.5 Å². The summed E-state index contributed by atoms with van der Waals surface area (Å²) in [6, 6.07) is 19.2. The minimum absolute atomic E-state index is 0.442. The molecule has 0 radical (unpaired) electrons. The van der Waals surface area contributed by atoms with Crippen LogP contribution in [-0.2, 0) is 6.54 Å². The van der Waals surface area contributed by atoms with Crippen molar-refractivity contribution in [1.82, 2.24) is 14.9 Å². The molecule has 6 nitrogen and oxygen atoms in total. The third kappa shape index (κ3) is 3.67. The molecular weight excluding hydrogens is 396 g/mol. The van der Waals surface area contributed by atoms with Crippen molar-refractivity contribution in [3.05, 3.63) is 76.2 Å². The minimum Gasteiger partial charge on any atom is -0.495 e. The molecule has 0 amide bonds. The largest absolute Gasteiger partial charge is 0.495 e. The molecular formula is C20H17ClN4O2S. The topological polar surface area (TPSA) is 68.0 Å². The van der Waals surface area contributed by atoms with Crippen LogP contribution in [0.4, 0.5) is 0 Å². The number of aromatic nitrogens is 3. The van der Waals surface area contributed by atoms with Gasteiger partial charge in [-0.3, -0.25) is 0 Å². The zero-order valence-electron chi connectivity index (χ0n) is 15.0. The van der Waals surface area contributed by atoms with Gasteiger partial charge in [0.2, 0.25) is 4.77 Å². The van der Waals surface area contributed by atoms with E-state index in [0.717, 1.165) is 22.6 Å². The number of ether oxygens (including phenoxy) is 1. The van der Waals surface area contributed by atoms with Crippen molar-refractivity contribution in [2.24, 2.45) is 0 Å². The number of hydrogen-bond acceptors (Lipinski definition) is 5. The van der Waals surface area contributed by atoms with Gasteiger partial charge in [-0.25, -0.2) is 9.77 Å². The maximum Gasteiger partial charge on any atom is 0.214 e. The summed E-state index contributed by atoms with van der Waals surface area (Å²) in [6.07, 6.45) is 0. The fourth-order valence-corrected chi connectivity index (χ4v) is 3.28. The van der Waals surface area contributed by atoms with Crippen LogP contribution in [0.15, 0.2) is 65.1 Å². The Labute approximate surface area is 171 Å². The highest BCUT2D eigenvalue weighted by Gasteiger charge is 2.11. The number of furan rings is 1. The number of rotatable bonds is 6. The Morgan fingerprint density at radius 3 is 2.71 bits per heavy atom. The molecule has 0 bridgehead atoms. The number of aromatic amines is 1. The van der Waals surface area contributed by atoms with Gasteiger partial charge in [-0.15, -0.1) is 0 Å². The van der Waals surface area contributed by atoms with Crippen LogP contribution in [0.3, 0.4) is 0 Å². The molecule has 28 heavy (non-hydrogen) atoms. The first kappa shape index (κ1) is 18.3. The Hall–Kier alpha value is -3.03. The van der Waals surface area contributed by atoms with Gasteiger partial charge in [0.15, 0.2) is 5.82 Å². The zero-order valence-corrected chi connectivity index (χ0v) is 16.6. The lowest BCUT2D eigenvalue weighted by atomic mass is 10.2. The average Bonchev–Trinajstić information content (AvgIpc) is 3.33. The predicted octanol–water partition coefficient (Wildman–Crippen LogP) is 5.27. The van der Waals surface area contributed by atoms with E-state index in [4.69, 9.17) is 33.0 Å². The summed E-state index contributed by atoms with van der Waals surface area (Å²) in [5.41, 5.74) is 5.08. The zero-order chi connectivity index (χ0) is 19.5. The van der Waals surface area contributed by atoms with Crippen LogP contribution in [0.2, 0.25) is 5.02 Å². The lowest BCUT2D eigenvalue weighted by molar-refractivity contribution is 0.415. The molecule has 0 unspecified atom stereocenters. The van der Waals surface area contributed by atoms with Gasteiger partial charge in [-0.1, -0.05) is 41.9 Å². The summed E-state index contributed by atoms with van der Waals surface area (Å²) in [6.45, 7) is 0.442. The standard InChI is InChI=1S/C20H17ClN4O2S/c1-26-18-9-7-14(11-16(18)21)17-10-8-15(27-17)12-22-25-19(23-24-20(25)28)13-5-3-2-4-6-13/h2-11,22H,12H2,1H3,(H,24,28). The first-order chi connectivity index (χ1) is 13.7. The summed E-state index contributed by atoms with van der Waals surface area (Å²) in [7, 11) is 1.59. The van der Waals surface area contributed by atoms with Crippen molar-refractivity contribution >= 4 is 23.8 Å². The lowest BCUT2D eigenvalue weighted by Crippen LogP contribution is -2.15. The number of halogens is 1. The van der Waals surface area contributed by atoms with Gasteiger partial charge >= 0.3 is 0 Å². The van der Waals surface area contributed by atoms with Crippen molar-refractivity contribution < 1.29 is 9.15 Å².